The molecule has 1 aliphatic heterocycles. The van der Waals surface area contributed by atoms with Crippen molar-refractivity contribution < 1.29 is 23.7 Å². The van der Waals surface area contributed by atoms with Gasteiger partial charge in [0.15, 0.2) is 11.5 Å². The Labute approximate surface area is 194 Å². The van der Waals surface area contributed by atoms with Gasteiger partial charge in [-0.2, -0.15) is 0 Å². The Morgan fingerprint density at radius 1 is 0.848 bits per heavy atom. The minimum Gasteiger partial charge on any atom is -0.493 e. The molecular weight excluding hydrogens is 418 g/mol. The fourth-order valence-electron chi connectivity index (χ4n) is 4.21. The van der Waals surface area contributed by atoms with E-state index in [4.69, 9.17) is 24.7 Å². The van der Waals surface area contributed by atoms with E-state index < -0.39 is 0 Å². The normalized spacial score (nSPS) is 17.5. The predicted molar refractivity (Wildman–Crippen MR) is 127 cm³/mol. The van der Waals surface area contributed by atoms with Crippen LogP contribution < -0.4 is 19.9 Å². The zero-order chi connectivity index (χ0) is 23.2. The van der Waals surface area contributed by atoms with E-state index in [1.165, 1.54) is 0 Å². The maximum Gasteiger partial charge on any atom is 0.309 e. The highest BCUT2D eigenvalue weighted by Crippen LogP contribution is 2.34. The van der Waals surface area contributed by atoms with E-state index in [9.17, 15) is 4.79 Å². The summed E-state index contributed by atoms with van der Waals surface area (Å²) in [6.07, 6.45) is 1.28. The molecule has 0 radical (unpaired) electrons. The second kappa shape index (κ2) is 10.3. The molecule has 3 aromatic rings. The highest BCUT2D eigenvalue weighted by Gasteiger charge is 2.37. The van der Waals surface area contributed by atoms with E-state index in [1.807, 2.05) is 66.7 Å². The highest BCUT2D eigenvalue weighted by molar-refractivity contribution is 5.75. The number of carbonyl (C=O) groups is 1. The SMILES string of the molecule is COc1ccc(C[C@H]2COC(=O)[C@@H]2Cc2ccc(OCc3ccccc3)c(N)c2)cc1OC. The quantitative estimate of drug-likeness (QED) is 0.386. The van der Waals surface area contributed by atoms with Crippen molar-refractivity contribution in [1.82, 2.24) is 0 Å². The Morgan fingerprint density at radius 2 is 1.55 bits per heavy atom. The van der Waals surface area contributed by atoms with Crippen LogP contribution in [0.4, 0.5) is 5.69 Å². The Kier molecular flexibility index (Phi) is 7.03. The monoisotopic (exact) mass is 447 g/mol. The number of nitrogens with two attached hydrogens (primary N) is 1. The molecule has 0 aromatic heterocycles. The van der Waals surface area contributed by atoms with Crippen molar-refractivity contribution in [1.29, 1.82) is 0 Å². The third kappa shape index (κ3) is 5.40. The lowest BCUT2D eigenvalue weighted by molar-refractivity contribution is -0.141. The zero-order valence-electron chi connectivity index (χ0n) is 19.0. The number of esters is 1. The molecule has 33 heavy (non-hydrogen) atoms. The molecule has 1 heterocycles. The summed E-state index contributed by atoms with van der Waals surface area (Å²) in [4.78, 5) is 12.5. The number of ether oxygens (including phenoxy) is 4. The first-order valence-electron chi connectivity index (χ1n) is 11.0. The number of benzene rings is 3. The third-order valence-corrected chi connectivity index (χ3v) is 6.02. The van der Waals surface area contributed by atoms with E-state index in [2.05, 4.69) is 0 Å². The van der Waals surface area contributed by atoms with Crippen LogP contribution in [-0.2, 0) is 29.0 Å². The molecule has 0 amide bonds. The number of hydrogen-bond donors (Lipinski definition) is 1. The summed E-state index contributed by atoms with van der Waals surface area (Å²) in [5.41, 5.74) is 9.94. The standard InChI is InChI=1S/C27H29NO5/c1-30-25-11-9-19(15-26(25)31-2)12-21-17-33-27(29)22(21)13-20-8-10-24(23(28)14-20)32-16-18-6-4-3-5-7-18/h3-11,14-15,21-22H,12-13,16-17,28H2,1-2H3/t21-,22+/m0/s1. The lowest BCUT2D eigenvalue weighted by Gasteiger charge is -2.17. The Bertz CT molecular complexity index is 1100. The van der Waals surface area contributed by atoms with Gasteiger partial charge in [-0.3, -0.25) is 4.79 Å². The van der Waals surface area contributed by atoms with Crippen molar-refractivity contribution in [3.05, 3.63) is 83.4 Å². The summed E-state index contributed by atoms with van der Waals surface area (Å²) in [5.74, 6) is 1.68. The van der Waals surface area contributed by atoms with Gasteiger partial charge >= 0.3 is 5.97 Å². The molecule has 0 unspecified atom stereocenters. The van der Waals surface area contributed by atoms with Crippen molar-refractivity contribution in [3.8, 4) is 17.2 Å². The van der Waals surface area contributed by atoms with Gasteiger partial charge in [-0.25, -0.2) is 0 Å². The molecule has 1 saturated heterocycles. The Balaban J connectivity index is 1.42. The molecule has 0 saturated carbocycles. The number of anilines is 1. The van der Waals surface area contributed by atoms with Crippen LogP contribution in [-0.4, -0.2) is 26.8 Å². The molecule has 2 N–H and O–H groups in total. The van der Waals surface area contributed by atoms with Gasteiger partial charge in [-0.05, 0) is 53.8 Å². The molecule has 0 aliphatic carbocycles. The second-order valence-electron chi connectivity index (χ2n) is 8.24. The summed E-state index contributed by atoms with van der Waals surface area (Å²) in [6, 6.07) is 21.5. The molecule has 6 heteroatoms. The molecular formula is C27H29NO5. The minimum absolute atomic E-state index is 0.0748. The summed E-state index contributed by atoms with van der Waals surface area (Å²) < 4.78 is 22.0. The van der Waals surface area contributed by atoms with Gasteiger partial charge in [-0.15, -0.1) is 0 Å². The molecule has 172 valence electrons. The smallest absolute Gasteiger partial charge is 0.309 e. The lowest BCUT2D eigenvalue weighted by atomic mass is 9.85. The minimum atomic E-state index is -0.228. The maximum absolute atomic E-state index is 12.5. The first-order chi connectivity index (χ1) is 16.1. The van der Waals surface area contributed by atoms with Crippen LogP contribution in [0.25, 0.3) is 0 Å². The number of carbonyl (C=O) groups excluding carboxylic acids is 1. The fraction of sp³-hybridized carbons (Fsp3) is 0.296. The van der Waals surface area contributed by atoms with Crippen molar-refractivity contribution in [2.75, 3.05) is 26.6 Å². The van der Waals surface area contributed by atoms with E-state index >= 15 is 0 Å². The molecule has 0 bridgehead atoms. The van der Waals surface area contributed by atoms with Crippen molar-refractivity contribution in [2.24, 2.45) is 11.8 Å². The Morgan fingerprint density at radius 3 is 2.24 bits per heavy atom. The van der Waals surface area contributed by atoms with Gasteiger partial charge in [0.2, 0.25) is 0 Å². The number of nitrogen functional groups attached to an aromatic ring is 1. The molecule has 1 aliphatic rings. The number of rotatable bonds is 9. The Hall–Kier alpha value is -3.67. The molecule has 1 fully saturated rings. The van der Waals surface area contributed by atoms with E-state index in [1.54, 1.807) is 14.2 Å². The second-order valence-corrected chi connectivity index (χ2v) is 8.24. The van der Waals surface area contributed by atoms with Crippen LogP contribution in [0.5, 0.6) is 17.2 Å². The van der Waals surface area contributed by atoms with E-state index in [0.717, 1.165) is 16.7 Å². The van der Waals surface area contributed by atoms with Crippen molar-refractivity contribution in [3.63, 3.8) is 0 Å². The average molecular weight is 448 g/mol. The van der Waals surface area contributed by atoms with E-state index in [-0.39, 0.29) is 17.8 Å². The summed E-state index contributed by atoms with van der Waals surface area (Å²) in [7, 11) is 3.23. The zero-order valence-corrected chi connectivity index (χ0v) is 19.0. The molecule has 4 rings (SSSR count). The van der Waals surface area contributed by atoms with Gasteiger partial charge in [-0.1, -0.05) is 42.5 Å². The predicted octanol–water partition coefficient (Wildman–Crippen LogP) is 4.44. The van der Waals surface area contributed by atoms with Crippen LogP contribution in [0.3, 0.4) is 0 Å². The topological polar surface area (TPSA) is 80.0 Å². The van der Waals surface area contributed by atoms with Crippen LogP contribution in [0, 0.1) is 11.8 Å². The van der Waals surface area contributed by atoms with Gasteiger partial charge in [0.1, 0.15) is 12.4 Å². The van der Waals surface area contributed by atoms with Crippen molar-refractivity contribution >= 4 is 11.7 Å². The molecule has 6 nitrogen and oxygen atoms in total. The number of hydrogen-bond acceptors (Lipinski definition) is 6. The van der Waals surface area contributed by atoms with Crippen LogP contribution in [0.2, 0.25) is 0 Å². The fourth-order valence-corrected chi connectivity index (χ4v) is 4.21. The van der Waals surface area contributed by atoms with Gasteiger partial charge in [0, 0.05) is 5.92 Å². The number of methoxy groups -OCH3 is 2. The van der Waals surface area contributed by atoms with Crippen LogP contribution in [0.15, 0.2) is 66.7 Å². The van der Waals surface area contributed by atoms with Crippen molar-refractivity contribution in [2.45, 2.75) is 19.4 Å². The molecule has 0 spiro atoms. The summed E-state index contributed by atoms with van der Waals surface area (Å²) in [5, 5.41) is 0. The highest BCUT2D eigenvalue weighted by atomic mass is 16.5. The van der Waals surface area contributed by atoms with Gasteiger partial charge in [0.25, 0.3) is 0 Å². The van der Waals surface area contributed by atoms with Gasteiger partial charge < -0.3 is 24.7 Å². The molecule has 3 aromatic carbocycles. The average Bonchev–Trinajstić information content (AvgIpc) is 3.17. The van der Waals surface area contributed by atoms with Crippen LogP contribution >= 0.6 is 0 Å². The first-order valence-corrected chi connectivity index (χ1v) is 11.0. The number of cyclic esters (lactones) is 1. The largest absolute Gasteiger partial charge is 0.493 e. The maximum atomic E-state index is 12.5. The van der Waals surface area contributed by atoms with Gasteiger partial charge in [0.05, 0.1) is 32.4 Å². The summed E-state index contributed by atoms with van der Waals surface area (Å²) in [6.45, 7) is 0.859. The third-order valence-electron chi connectivity index (χ3n) is 6.02. The molecule has 2 atom stereocenters. The van der Waals surface area contributed by atoms with E-state index in [0.29, 0.717) is 49.0 Å². The summed E-state index contributed by atoms with van der Waals surface area (Å²) >= 11 is 0. The lowest BCUT2D eigenvalue weighted by Crippen LogP contribution is -2.20. The first kappa shape index (κ1) is 22.5. The van der Waals surface area contributed by atoms with Crippen LogP contribution in [0.1, 0.15) is 16.7 Å².